The molecule has 2 heterocycles. The van der Waals surface area contributed by atoms with Gasteiger partial charge >= 0.3 is 0 Å². The summed E-state index contributed by atoms with van der Waals surface area (Å²) < 4.78 is 11.3. The molecule has 0 aliphatic heterocycles. The maximum atomic E-state index is 12.4. The summed E-state index contributed by atoms with van der Waals surface area (Å²) in [7, 11) is 1.42. The van der Waals surface area contributed by atoms with Crippen molar-refractivity contribution in [1.29, 1.82) is 0 Å². The molecule has 0 aliphatic carbocycles. The highest BCUT2D eigenvalue weighted by molar-refractivity contribution is 8.01. The number of hydrogen-bond acceptors (Lipinski definition) is 9. The first kappa shape index (κ1) is 19.8. The minimum absolute atomic E-state index is 0.0121. The summed E-state index contributed by atoms with van der Waals surface area (Å²) >= 11 is 2.84. The molecule has 0 aliphatic rings. The number of nitrogens with one attached hydrogen (secondary N) is 1. The lowest BCUT2D eigenvalue weighted by atomic mass is 10.1. The smallest absolute Gasteiger partial charge is 0.293 e. The predicted octanol–water partition coefficient (Wildman–Crippen LogP) is 4.47. The molecule has 3 aromatic rings. The Morgan fingerprint density at radius 1 is 1.36 bits per heavy atom. The summed E-state index contributed by atoms with van der Waals surface area (Å²) in [6.07, 6.45) is 1.01. The van der Waals surface area contributed by atoms with Crippen LogP contribution in [0.3, 0.4) is 0 Å². The lowest BCUT2D eigenvalue weighted by Crippen LogP contribution is -2.10. The van der Waals surface area contributed by atoms with Gasteiger partial charge in [-0.15, -0.1) is 10.2 Å². The standard InChI is InChI=1S/C17H16N4O5S2/c1-3-8-27-17-20-19-16(28-17)18-15(22)14-7-6-13(26-14)11-5-4-10(25-2)9-12(11)21(23)24/h4-7,9H,3,8H2,1-2H3,(H,18,19,22). The van der Waals surface area contributed by atoms with Gasteiger partial charge in [-0.1, -0.05) is 30.0 Å². The molecule has 0 spiro atoms. The van der Waals surface area contributed by atoms with Gasteiger partial charge in [0.15, 0.2) is 10.1 Å². The molecule has 1 aromatic carbocycles. The van der Waals surface area contributed by atoms with E-state index in [0.717, 1.165) is 16.5 Å². The van der Waals surface area contributed by atoms with E-state index in [1.54, 1.807) is 17.8 Å². The first-order valence-electron chi connectivity index (χ1n) is 8.22. The number of hydrogen-bond donors (Lipinski definition) is 1. The molecule has 0 saturated carbocycles. The second-order valence-electron chi connectivity index (χ2n) is 5.48. The molecule has 11 heteroatoms. The van der Waals surface area contributed by atoms with Gasteiger partial charge in [-0.05, 0) is 30.7 Å². The van der Waals surface area contributed by atoms with Crippen LogP contribution in [0.5, 0.6) is 5.75 Å². The van der Waals surface area contributed by atoms with E-state index in [9.17, 15) is 14.9 Å². The fraction of sp³-hybridized carbons (Fsp3) is 0.235. The van der Waals surface area contributed by atoms with Gasteiger partial charge in [0.1, 0.15) is 11.5 Å². The van der Waals surface area contributed by atoms with Gasteiger partial charge in [-0.2, -0.15) is 0 Å². The summed E-state index contributed by atoms with van der Waals surface area (Å²) in [5, 5.41) is 22.2. The minimum Gasteiger partial charge on any atom is -0.497 e. The Bertz CT molecular complexity index is 1000. The number of amides is 1. The van der Waals surface area contributed by atoms with Crippen molar-refractivity contribution in [2.75, 3.05) is 18.2 Å². The number of nitro groups is 1. The number of benzene rings is 1. The van der Waals surface area contributed by atoms with E-state index in [1.807, 2.05) is 0 Å². The van der Waals surface area contributed by atoms with E-state index in [0.29, 0.717) is 10.9 Å². The van der Waals surface area contributed by atoms with Gasteiger partial charge in [0.05, 0.1) is 23.7 Å². The average molecular weight is 420 g/mol. The van der Waals surface area contributed by atoms with Crippen molar-refractivity contribution in [3.8, 4) is 17.1 Å². The van der Waals surface area contributed by atoms with E-state index in [1.165, 1.54) is 42.7 Å². The monoisotopic (exact) mass is 420 g/mol. The Labute approximate surface area is 168 Å². The first-order valence-corrected chi connectivity index (χ1v) is 10.0. The number of nitro benzene ring substituents is 1. The van der Waals surface area contributed by atoms with Gasteiger partial charge < -0.3 is 9.15 Å². The third kappa shape index (κ3) is 4.49. The Balaban J connectivity index is 1.77. The number of methoxy groups -OCH3 is 1. The average Bonchev–Trinajstić information content (AvgIpc) is 3.35. The van der Waals surface area contributed by atoms with Gasteiger partial charge in [0.25, 0.3) is 11.6 Å². The summed E-state index contributed by atoms with van der Waals surface area (Å²) in [5.41, 5.74) is 0.0707. The summed E-state index contributed by atoms with van der Waals surface area (Å²) in [6.45, 7) is 2.07. The third-order valence-corrected chi connectivity index (χ3v) is 5.73. The highest BCUT2D eigenvalue weighted by Gasteiger charge is 2.21. The molecule has 3 rings (SSSR count). The maximum absolute atomic E-state index is 12.4. The van der Waals surface area contributed by atoms with Crippen molar-refractivity contribution in [3.63, 3.8) is 0 Å². The largest absolute Gasteiger partial charge is 0.497 e. The van der Waals surface area contributed by atoms with Crippen LogP contribution in [-0.2, 0) is 0 Å². The van der Waals surface area contributed by atoms with Crippen molar-refractivity contribution >= 4 is 39.8 Å². The number of carbonyl (C=O) groups excluding carboxylic acids is 1. The van der Waals surface area contributed by atoms with Gasteiger partial charge in [-0.25, -0.2) is 0 Å². The van der Waals surface area contributed by atoms with Gasteiger partial charge in [-0.3, -0.25) is 20.2 Å². The van der Waals surface area contributed by atoms with Crippen LogP contribution in [-0.4, -0.2) is 33.9 Å². The Morgan fingerprint density at radius 2 is 2.18 bits per heavy atom. The Kier molecular flexibility index (Phi) is 6.26. The minimum atomic E-state index is -0.531. The molecule has 2 aromatic heterocycles. The van der Waals surface area contributed by atoms with Crippen molar-refractivity contribution in [2.45, 2.75) is 17.7 Å². The molecule has 28 heavy (non-hydrogen) atoms. The van der Waals surface area contributed by atoms with E-state index in [4.69, 9.17) is 9.15 Å². The summed E-state index contributed by atoms with van der Waals surface area (Å²) in [5.74, 6) is 0.984. The summed E-state index contributed by atoms with van der Waals surface area (Å²) in [4.78, 5) is 23.2. The van der Waals surface area contributed by atoms with E-state index < -0.39 is 10.8 Å². The Hall–Kier alpha value is -2.92. The number of aromatic nitrogens is 2. The molecule has 0 radical (unpaired) electrons. The maximum Gasteiger partial charge on any atom is 0.293 e. The number of nitrogens with zero attached hydrogens (tertiary/aromatic N) is 3. The highest BCUT2D eigenvalue weighted by atomic mass is 32.2. The molecule has 9 nitrogen and oxygen atoms in total. The SMILES string of the molecule is CCCSc1nnc(NC(=O)c2ccc(-c3ccc(OC)cc3[N+](=O)[O-])o2)s1. The van der Waals surface area contributed by atoms with Crippen molar-refractivity contribution in [1.82, 2.24) is 10.2 Å². The zero-order valence-electron chi connectivity index (χ0n) is 15.0. The van der Waals surface area contributed by atoms with Crippen LogP contribution in [0.2, 0.25) is 0 Å². The van der Waals surface area contributed by atoms with Crippen LogP contribution in [0.25, 0.3) is 11.3 Å². The predicted molar refractivity (Wildman–Crippen MR) is 106 cm³/mol. The van der Waals surface area contributed by atoms with Crippen LogP contribution in [0.4, 0.5) is 10.8 Å². The zero-order valence-corrected chi connectivity index (χ0v) is 16.6. The van der Waals surface area contributed by atoms with Crippen LogP contribution in [0.1, 0.15) is 23.9 Å². The Morgan fingerprint density at radius 3 is 2.89 bits per heavy atom. The highest BCUT2D eigenvalue weighted by Crippen LogP contribution is 2.34. The fourth-order valence-corrected chi connectivity index (χ4v) is 3.94. The van der Waals surface area contributed by atoms with Gasteiger partial charge in [0.2, 0.25) is 5.13 Å². The van der Waals surface area contributed by atoms with E-state index in [2.05, 4.69) is 22.4 Å². The van der Waals surface area contributed by atoms with Gasteiger partial charge in [0, 0.05) is 5.75 Å². The lowest BCUT2D eigenvalue weighted by Gasteiger charge is -2.03. The fourth-order valence-electron chi connectivity index (χ4n) is 2.27. The van der Waals surface area contributed by atoms with Crippen LogP contribution in [0, 0.1) is 10.1 Å². The molecule has 1 amide bonds. The van der Waals surface area contributed by atoms with Crippen molar-refractivity contribution in [3.05, 3.63) is 46.2 Å². The van der Waals surface area contributed by atoms with Crippen LogP contribution >= 0.6 is 23.1 Å². The van der Waals surface area contributed by atoms with E-state index in [-0.39, 0.29) is 22.8 Å². The van der Waals surface area contributed by atoms with Crippen LogP contribution < -0.4 is 10.1 Å². The normalized spacial score (nSPS) is 10.6. The van der Waals surface area contributed by atoms with Crippen molar-refractivity contribution in [2.24, 2.45) is 0 Å². The second kappa shape index (κ2) is 8.85. The lowest BCUT2D eigenvalue weighted by molar-refractivity contribution is -0.384. The molecule has 0 atom stereocenters. The van der Waals surface area contributed by atoms with E-state index >= 15 is 0 Å². The molecule has 0 fully saturated rings. The molecule has 0 unspecified atom stereocenters. The molecule has 0 bridgehead atoms. The first-order chi connectivity index (χ1) is 13.5. The molecular formula is C17H16N4O5S2. The number of furan rings is 1. The van der Waals surface area contributed by atoms with Crippen molar-refractivity contribution < 1.29 is 18.9 Å². The topological polar surface area (TPSA) is 120 Å². The number of thioether (sulfide) groups is 1. The number of anilines is 1. The molecule has 0 saturated heterocycles. The molecule has 146 valence electrons. The zero-order chi connectivity index (χ0) is 20.1. The number of ether oxygens (including phenoxy) is 1. The third-order valence-electron chi connectivity index (χ3n) is 3.55. The summed E-state index contributed by atoms with van der Waals surface area (Å²) in [6, 6.07) is 7.36. The second-order valence-corrected chi connectivity index (χ2v) is 7.80. The molecular weight excluding hydrogens is 404 g/mol. The molecule has 1 N–H and O–H groups in total. The number of carbonyl (C=O) groups is 1. The van der Waals surface area contributed by atoms with Crippen LogP contribution in [0.15, 0.2) is 39.1 Å². The number of rotatable bonds is 8. The quantitative estimate of drug-likeness (QED) is 0.245.